The van der Waals surface area contributed by atoms with Gasteiger partial charge in [0.15, 0.2) is 0 Å². The zero-order valence-electron chi connectivity index (χ0n) is 9.82. The van der Waals surface area contributed by atoms with E-state index < -0.39 is 0 Å². The van der Waals surface area contributed by atoms with Crippen molar-refractivity contribution in [1.82, 2.24) is 4.90 Å². The van der Waals surface area contributed by atoms with Gasteiger partial charge in [-0.2, -0.15) is 0 Å². The fourth-order valence-electron chi connectivity index (χ4n) is 1.26. The highest BCUT2D eigenvalue weighted by Crippen LogP contribution is 2.17. The number of alkyl halides is 2. The number of aryl methyl sites for hydroxylation is 1. The molecule has 1 aromatic carbocycles. The van der Waals surface area contributed by atoms with Gasteiger partial charge in [0.25, 0.3) is 0 Å². The SMILES string of the molecule is Cc1ccccc1OC(=O)N(C)CC(Br)CBr. The van der Waals surface area contributed by atoms with Crippen molar-refractivity contribution in [2.45, 2.75) is 11.8 Å². The van der Waals surface area contributed by atoms with E-state index in [1.165, 1.54) is 0 Å². The zero-order chi connectivity index (χ0) is 12.8. The fourth-order valence-corrected chi connectivity index (χ4v) is 1.90. The average molecular weight is 365 g/mol. The molecule has 0 saturated heterocycles. The topological polar surface area (TPSA) is 29.5 Å². The lowest BCUT2D eigenvalue weighted by molar-refractivity contribution is 0.163. The molecule has 0 aromatic heterocycles. The maximum atomic E-state index is 11.8. The van der Waals surface area contributed by atoms with Crippen LogP contribution in [0.5, 0.6) is 5.75 Å². The summed E-state index contributed by atoms with van der Waals surface area (Å²) in [4.78, 5) is 13.6. The molecule has 0 radical (unpaired) electrons. The third kappa shape index (κ3) is 4.68. The Morgan fingerprint density at radius 1 is 1.47 bits per heavy atom. The minimum atomic E-state index is -0.343. The molecule has 3 nitrogen and oxygen atoms in total. The van der Waals surface area contributed by atoms with E-state index >= 15 is 0 Å². The van der Waals surface area contributed by atoms with Gasteiger partial charge in [0.1, 0.15) is 5.75 Å². The molecule has 0 N–H and O–H groups in total. The van der Waals surface area contributed by atoms with Gasteiger partial charge >= 0.3 is 6.09 Å². The molecule has 1 unspecified atom stereocenters. The third-order valence-electron chi connectivity index (χ3n) is 2.24. The van der Waals surface area contributed by atoms with Crippen LogP contribution in [0, 0.1) is 6.92 Å². The molecule has 1 rings (SSSR count). The number of hydrogen-bond donors (Lipinski definition) is 0. The van der Waals surface area contributed by atoms with Crippen molar-refractivity contribution in [2.75, 3.05) is 18.9 Å². The first-order valence-corrected chi connectivity index (χ1v) is 7.27. The standard InChI is InChI=1S/C12H15Br2NO2/c1-9-5-3-4-6-11(9)17-12(16)15(2)8-10(14)7-13/h3-6,10H,7-8H2,1-2H3. The Morgan fingerprint density at radius 2 is 2.12 bits per heavy atom. The van der Waals surface area contributed by atoms with Crippen molar-refractivity contribution in [3.8, 4) is 5.75 Å². The molecular weight excluding hydrogens is 350 g/mol. The highest BCUT2D eigenvalue weighted by Gasteiger charge is 2.15. The van der Waals surface area contributed by atoms with Crippen LogP contribution in [0.15, 0.2) is 24.3 Å². The molecular formula is C12H15Br2NO2. The summed E-state index contributed by atoms with van der Waals surface area (Å²) >= 11 is 6.79. The summed E-state index contributed by atoms with van der Waals surface area (Å²) in [6.07, 6.45) is -0.343. The number of ether oxygens (including phenoxy) is 1. The Balaban J connectivity index is 2.57. The highest BCUT2D eigenvalue weighted by molar-refractivity contribution is 9.12. The number of carbonyl (C=O) groups excluding carboxylic acids is 1. The lowest BCUT2D eigenvalue weighted by atomic mass is 10.2. The summed E-state index contributed by atoms with van der Waals surface area (Å²) in [5.74, 6) is 0.606. The summed E-state index contributed by atoms with van der Waals surface area (Å²) in [5.41, 5.74) is 0.949. The van der Waals surface area contributed by atoms with Crippen LogP contribution in [0.3, 0.4) is 0 Å². The Labute approximate surface area is 118 Å². The normalized spacial score (nSPS) is 12.0. The molecule has 1 amide bonds. The molecule has 1 atom stereocenters. The molecule has 1 aromatic rings. The van der Waals surface area contributed by atoms with E-state index in [0.717, 1.165) is 10.9 Å². The van der Waals surface area contributed by atoms with Crippen molar-refractivity contribution in [3.63, 3.8) is 0 Å². The maximum Gasteiger partial charge on any atom is 0.415 e. The van der Waals surface area contributed by atoms with Crippen LogP contribution in [0.25, 0.3) is 0 Å². The van der Waals surface area contributed by atoms with Crippen LogP contribution in [0.4, 0.5) is 4.79 Å². The van der Waals surface area contributed by atoms with Crippen molar-refractivity contribution in [3.05, 3.63) is 29.8 Å². The summed E-state index contributed by atoms with van der Waals surface area (Å²) in [6.45, 7) is 2.50. The second-order valence-corrected chi connectivity index (χ2v) is 5.71. The van der Waals surface area contributed by atoms with Gasteiger partial charge in [0, 0.05) is 23.7 Å². The predicted molar refractivity (Wildman–Crippen MR) is 76.3 cm³/mol. The second-order valence-electron chi connectivity index (χ2n) is 3.77. The van der Waals surface area contributed by atoms with E-state index in [0.29, 0.717) is 12.3 Å². The molecule has 0 fully saturated rings. The first-order chi connectivity index (χ1) is 8.04. The van der Waals surface area contributed by atoms with Crippen LogP contribution >= 0.6 is 31.9 Å². The number of para-hydroxylation sites is 1. The predicted octanol–water partition coefficient (Wildman–Crippen LogP) is 3.58. The molecule has 94 valence electrons. The van der Waals surface area contributed by atoms with Gasteiger partial charge < -0.3 is 9.64 Å². The molecule has 5 heteroatoms. The van der Waals surface area contributed by atoms with Gasteiger partial charge in [0.05, 0.1) is 0 Å². The Morgan fingerprint density at radius 3 is 2.71 bits per heavy atom. The van der Waals surface area contributed by atoms with Crippen LogP contribution < -0.4 is 4.74 Å². The zero-order valence-corrected chi connectivity index (χ0v) is 13.0. The van der Waals surface area contributed by atoms with E-state index in [1.54, 1.807) is 18.0 Å². The molecule has 0 heterocycles. The van der Waals surface area contributed by atoms with Crippen molar-refractivity contribution in [2.24, 2.45) is 0 Å². The first kappa shape index (κ1) is 14.5. The van der Waals surface area contributed by atoms with E-state index in [9.17, 15) is 4.79 Å². The third-order valence-corrected chi connectivity index (χ3v) is 4.51. The van der Waals surface area contributed by atoms with Crippen LogP contribution in [0.2, 0.25) is 0 Å². The number of carbonyl (C=O) groups is 1. The van der Waals surface area contributed by atoms with Gasteiger partial charge in [-0.3, -0.25) is 0 Å². The number of benzene rings is 1. The number of halogens is 2. The van der Waals surface area contributed by atoms with Crippen LogP contribution in [-0.4, -0.2) is 34.7 Å². The van der Waals surface area contributed by atoms with Crippen molar-refractivity contribution < 1.29 is 9.53 Å². The summed E-state index contributed by atoms with van der Waals surface area (Å²) in [6, 6.07) is 7.46. The molecule has 0 saturated carbocycles. The van der Waals surface area contributed by atoms with E-state index in [2.05, 4.69) is 31.9 Å². The average Bonchev–Trinajstić information content (AvgIpc) is 2.31. The molecule has 0 aliphatic carbocycles. The Hall–Kier alpha value is -0.550. The van der Waals surface area contributed by atoms with Crippen molar-refractivity contribution >= 4 is 38.0 Å². The van der Waals surface area contributed by atoms with Gasteiger partial charge in [0.2, 0.25) is 0 Å². The number of rotatable bonds is 4. The lowest BCUT2D eigenvalue weighted by Gasteiger charge is -2.19. The summed E-state index contributed by atoms with van der Waals surface area (Å²) < 4.78 is 5.30. The fraction of sp³-hybridized carbons (Fsp3) is 0.417. The monoisotopic (exact) mass is 363 g/mol. The minimum absolute atomic E-state index is 0.219. The molecule has 0 aliphatic heterocycles. The number of hydrogen-bond acceptors (Lipinski definition) is 2. The number of amides is 1. The first-order valence-electron chi connectivity index (χ1n) is 5.23. The van der Waals surface area contributed by atoms with Gasteiger partial charge in [-0.05, 0) is 18.6 Å². The molecule has 0 aliphatic rings. The van der Waals surface area contributed by atoms with Crippen LogP contribution in [-0.2, 0) is 0 Å². The summed E-state index contributed by atoms with van der Waals surface area (Å²) in [5, 5.41) is 0.787. The largest absolute Gasteiger partial charge is 0.415 e. The Kier molecular flexibility index (Phi) is 5.98. The Bertz CT molecular complexity index is 385. The van der Waals surface area contributed by atoms with E-state index in [-0.39, 0.29) is 10.9 Å². The van der Waals surface area contributed by atoms with E-state index in [4.69, 9.17) is 4.74 Å². The van der Waals surface area contributed by atoms with Gasteiger partial charge in [-0.15, -0.1) is 0 Å². The summed E-state index contributed by atoms with van der Waals surface area (Å²) in [7, 11) is 1.72. The van der Waals surface area contributed by atoms with E-state index in [1.807, 2.05) is 25.1 Å². The van der Waals surface area contributed by atoms with Crippen molar-refractivity contribution in [1.29, 1.82) is 0 Å². The van der Waals surface area contributed by atoms with Gasteiger partial charge in [-0.25, -0.2) is 4.79 Å². The quantitative estimate of drug-likeness (QED) is 0.764. The second kappa shape index (κ2) is 7.01. The van der Waals surface area contributed by atoms with Gasteiger partial charge in [-0.1, -0.05) is 50.1 Å². The molecule has 17 heavy (non-hydrogen) atoms. The molecule has 0 bridgehead atoms. The number of nitrogens with zero attached hydrogens (tertiary/aromatic N) is 1. The highest BCUT2D eigenvalue weighted by atomic mass is 79.9. The molecule has 0 spiro atoms. The minimum Gasteiger partial charge on any atom is -0.410 e. The van der Waals surface area contributed by atoms with Crippen LogP contribution in [0.1, 0.15) is 5.56 Å². The lowest BCUT2D eigenvalue weighted by Crippen LogP contribution is -2.34. The maximum absolute atomic E-state index is 11.8. The smallest absolute Gasteiger partial charge is 0.410 e.